The Labute approximate surface area is 157 Å². The summed E-state index contributed by atoms with van der Waals surface area (Å²) in [6.07, 6.45) is 2.37. The van der Waals surface area contributed by atoms with E-state index >= 15 is 0 Å². The van der Waals surface area contributed by atoms with E-state index in [0.717, 1.165) is 16.5 Å². The van der Waals surface area contributed by atoms with Gasteiger partial charge in [0.2, 0.25) is 10.0 Å². The highest BCUT2D eigenvalue weighted by Crippen LogP contribution is 2.24. The minimum atomic E-state index is -3.89. The van der Waals surface area contributed by atoms with Crippen LogP contribution >= 0.6 is 0 Å². The average molecular weight is 387 g/mol. The molecule has 3 aromatic rings. The van der Waals surface area contributed by atoms with Crippen LogP contribution in [0.1, 0.15) is 15.9 Å². The molecule has 0 bridgehead atoms. The summed E-state index contributed by atoms with van der Waals surface area (Å²) >= 11 is 0. The van der Waals surface area contributed by atoms with Crippen molar-refractivity contribution in [3.8, 4) is 5.75 Å². The van der Waals surface area contributed by atoms with E-state index in [4.69, 9.17) is 9.88 Å². The topological polar surface area (TPSA) is 103 Å². The minimum Gasteiger partial charge on any atom is -0.495 e. The van der Waals surface area contributed by atoms with Gasteiger partial charge in [0, 0.05) is 36.3 Å². The largest absolute Gasteiger partial charge is 0.495 e. The third-order valence-electron chi connectivity index (χ3n) is 4.41. The zero-order valence-electron chi connectivity index (χ0n) is 15.1. The Morgan fingerprint density at radius 3 is 2.70 bits per heavy atom. The molecular formula is C19H21N3O4S. The first-order valence-electron chi connectivity index (χ1n) is 8.33. The Morgan fingerprint density at radius 1 is 1.22 bits per heavy atom. The van der Waals surface area contributed by atoms with Gasteiger partial charge in [0.1, 0.15) is 10.6 Å². The molecule has 1 aromatic heterocycles. The summed E-state index contributed by atoms with van der Waals surface area (Å²) in [5, 5.41) is 8.99. The monoisotopic (exact) mass is 387 g/mol. The van der Waals surface area contributed by atoms with Crippen LogP contribution in [-0.4, -0.2) is 32.5 Å². The highest BCUT2D eigenvalue weighted by molar-refractivity contribution is 7.89. The zero-order chi connectivity index (χ0) is 19.6. The number of nitrogens with zero attached hydrogens (tertiary/aromatic N) is 1. The highest BCUT2D eigenvalue weighted by Gasteiger charge is 2.16. The molecule has 0 aliphatic rings. The molecule has 142 valence electrons. The third kappa shape index (κ3) is 3.96. The van der Waals surface area contributed by atoms with Crippen molar-refractivity contribution in [1.29, 1.82) is 0 Å². The summed E-state index contributed by atoms with van der Waals surface area (Å²) in [6, 6.07) is 12.3. The van der Waals surface area contributed by atoms with Gasteiger partial charge in [0.15, 0.2) is 0 Å². The number of nitrogens with two attached hydrogens (primary N) is 1. The molecular weight excluding hydrogens is 366 g/mol. The first-order chi connectivity index (χ1) is 12.8. The van der Waals surface area contributed by atoms with Gasteiger partial charge in [-0.25, -0.2) is 13.6 Å². The Balaban J connectivity index is 1.72. The third-order valence-corrected chi connectivity index (χ3v) is 5.34. The van der Waals surface area contributed by atoms with Crippen LogP contribution in [0.25, 0.3) is 10.9 Å². The van der Waals surface area contributed by atoms with E-state index in [9.17, 15) is 13.2 Å². The Kier molecular flexibility index (Phi) is 5.20. The number of nitrogens with one attached hydrogen (secondary N) is 1. The number of hydrogen-bond donors (Lipinski definition) is 2. The lowest BCUT2D eigenvalue weighted by molar-refractivity contribution is 0.0956. The first-order valence-corrected chi connectivity index (χ1v) is 9.88. The number of benzene rings is 2. The fourth-order valence-corrected chi connectivity index (χ4v) is 3.76. The molecule has 2 aromatic carbocycles. The molecule has 0 atom stereocenters. The normalized spacial score (nSPS) is 11.5. The van der Waals surface area contributed by atoms with Crippen molar-refractivity contribution in [2.24, 2.45) is 12.2 Å². The molecule has 1 heterocycles. The zero-order valence-corrected chi connectivity index (χ0v) is 15.9. The molecule has 1 amide bonds. The van der Waals surface area contributed by atoms with Crippen LogP contribution in [0.2, 0.25) is 0 Å². The van der Waals surface area contributed by atoms with Gasteiger partial charge in [0.25, 0.3) is 5.91 Å². The second-order valence-electron chi connectivity index (χ2n) is 6.20. The number of rotatable bonds is 6. The average Bonchev–Trinajstić information content (AvgIpc) is 3.02. The lowest BCUT2D eigenvalue weighted by atomic mass is 10.1. The number of carbonyl (C=O) groups excluding carboxylic acids is 1. The predicted octanol–water partition coefficient (Wildman–Crippen LogP) is 1.81. The number of ether oxygens (including phenoxy) is 1. The molecule has 0 radical (unpaired) electrons. The molecule has 3 rings (SSSR count). The predicted molar refractivity (Wildman–Crippen MR) is 103 cm³/mol. The fourth-order valence-electron chi connectivity index (χ4n) is 3.01. The lowest BCUT2D eigenvalue weighted by Crippen LogP contribution is -2.26. The van der Waals surface area contributed by atoms with Crippen LogP contribution in [-0.2, 0) is 23.5 Å². The summed E-state index contributed by atoms with van der Waals surface area (Å²) in [6.45, 7) is 0.360. The summed E-state index contributed by atoms with van der Waals surface area (Å²) in [7, 11) is -0.579. The van der Waals surface area contributed by atoms with E-state index in [1.54, 1.807) is 18.2 Å². The highest BCUT2D eigenvalue weighted by atomic mass is 32.2. The van der Waals surface area contributed by atoms with Crippen LogP contribution in [0.15, 0.2) is 53.6 Å². The number of fused-ring (bicyclic) bond motifs is 1. The number of primary sulfonamides is 1. The van der Waals surface area contributed by atoms with Crippen molar-refractivity contribution >= 4 is 26.8 Å². The van der Waals surface area contributed by atoms with E-state index in [2.05, 4.69) is 5.32 Å². The molecule has 3 N–H and O–H groups in total. The number of hydrogen-bond acceptors (Lipinski definition) is 4. The molecule has 8 heteroatoms. The fraction of sp³-hybridized carbons (Fsp3) is 0.211. The van der Waals surface area contributed by atoms with Gasteiger partial charge in [-0.1, -0.05) is 12.1 Å². The standard InChI is InChI=1S/C19H21N3O4S/c1-22-11-9-14-15(4-3-5-16(14)22)19(23)21-10-8-13-6-7-17(26-2)18(12-13)27(20,24)25/h3-7,9,11-12H,8,10H2,1-2H3,(H,21,23)(H2,20,24,25). The van der Waals surface area contributed by atoms with Gasteiger partial charge in [-0.2, -0.15) is 0 Å². The number of amides is 1. The van der Waals surface area contributed by atoms with Crippen LogP contribution in [0.3, 0.4) is 0 Å². The van der Waals surface area contributed by atoms with E-state index in [1.807, 2.05) is 36.0 Å². The van der Waals surface area contributed by atoms with Gasteiger partial charge in [-0.05, 0) is 42.3 Å². The van der Waals surface area contributed by atoms with Gasteiger partial charge in [0.05, 0.1) is 7.11 Å². The SMILES string of the molecule is COc1ccc(CCNC(=O)c2cccc3c2ccn3C)cc1S(N)(=O)=O. The molecule has 0 unspecified atom stereocenters. The first kappa shape index (κ1) is 18.9. The molecule has 0 spiro atoms. The molecule has 0 saturated carbocycles. The molecule has 7 nitrogen and oxygen atoms in total. The van der Waals surface area contributed by atoms with Crippen LogP contribution < -0.4 is 15.2 Å². The van der Waals surface area contributed by atoms with Crippen molar-refractivity contribution < 1.29 is 17.9 Å². The van der Waals surface area contributed by atoms with Gasteiger partial charge >= 0.3 is 0 Å². The number of aryl methyl sites for hydroxylation is 1. The van der Waals surface area contributed by atoms with Crippen molar-refractivity contribution in [1.82, 2.24) is 9.88 Å². The van der Waals surface area contributed by atoms with Crippen molar-refractivity contribution in [2.45, 2.75) is 11.3 Å². The summed E-state index contributed by atoms with van der Waals surface area (Å²) in [4.78, 5) is 12.5. The Morgan fingerprint density at radius 2 is 2.00 bits per heavy atom. The Bertz CT molecular complexity index is 1100. The van der Waals surface area contributed by atoms with E-state index in [1.165, 1.54) is 13.2 Å². The molecule has 0 aliphatic carbocycles. The van der Waals surface area contributed by atoms with E-state index < -0.39 is 10.0 Å². The van der Waals surface area contributed by atoms with E-state index in [0.29, 0.717) is 18.5 Å². The molecule has 0 fully saturated rings. The smallest absolute Gasteiger partial charge is 0.251 e. The molecule has 0 aliphatic heterocycles. The second kappa shape index (κ2) is 7.42. The number of methoxy groups -OCH3 is 1. The summed E-state index contributed by atoms with van der Waals surface area (Å²) < 4.78 is 30.4. The molecule has 0 saturated heterocycles. The van der Waals surface area contributed by atoms with Crippen molar-refractivity contribution in [3.05, 3.63) is 59.8 Å². The quantitative estimate of drug-likeness (QED) is 0.673. The van der Waals surface area contributed by atoms with E-state index in [-0.39, 0.29) is 16.6 Å². The van der Waals surface area contributed by atoms with Gasteiger partial charge in [-0.3, -0.25) is 4.79 Å². The maximum absolute atomic E-state index is 12.5. The maximum Gasteiger partial charge on any atom is 0.251 e. The van der Waals surface area contributed by atoms with Crippen LogP contribution in [0, 0.1) is 0 Å². The lowest BCUT2D eigenvalue weighted by Gasteiger charge is -2.10. The van der Waals surface area contributed by atoms with Crippen molar-refractivity contribution in [3.63, 3.8) is 0 Å². The maximum atomic E-state index is 12.5. The van der Waals surface area contributed by atoms with Crippen LogP contribution in [0.5, 0.6) is 5.75 Å². The Hall–Kier alpha value is -2.84. The van der Waals surface area contributed by atoms with Crippen LogP contribution in [0.4, 0.5) is 0 Å². The van der Waals surface area contributed by atoms with Gasteiger partial charge in [-0.15, -0.1) is 0 Å². The summed E-state index contributed by atoms with van der Waals surface area (Å²) in [5.74, 6) is 0.0213. The number of carbonyl (C=O) groups is 1. The number of sulfonamides is 1. The second-order valence-corrected chi connectivity index (χ2v) is 7.73. The minimum absolute atomic E-state index is 0.0668. The summed E-state index contributed by atoms with van der Waals surface area (Å²) in [5.41, 5.74) is 2.32. The van der Waals surface area contributed by atoms with Crippen molar-refractivity contribution in [2.75, 3.05) is 13.7 Å². The van der Waals surface area contributed by atoms with Gasteiger partial charge < -0.3 is 14.6 Å². The molecule has 27 heavy (non-hydrogen) atoms. The number of aromatic nitrogens is 1.